The molecular weight excluding hydrogens is 372 g/mol. The van der Waals surface area contributed by atoms with Crippen LogP contribution in [0.5, 0.6) is 11.5 Å². The van der Waals surface area contributed by atoms with E-state index in [0.717, 1.165) is 16.0 Å². The summed E-state index contributed by atoms with van der Waals surface area (Å²) in [6, 6.07) is 18.4. The number of benzene rings is 2. The summed E-state index contributed by atoms with van der Waals surface area (Å²) in [4.78, 5) is 13.4. The summed E-state index contributed by atoms with van der Waals surface area (Å²) in [5, 5.41) is 11.5. The van der Waals surface area contributed by atoms with E-state index in [4.69, 9.17) is 15.2 Å². The van der Waals surface area contributed by atoms with E-state index in [0.29, 0.717) is 22.6 Å². The van der Waals surface area contributed by atoms with E-state index >= 15 is 0 Å². The van der Waals surface area contributed by atoms with Crippen molar-refractivity contribution < 1.29 is 14.3 Å². The smallest absolute Gasteiger partial charge is 0.343 e. The zero-order valence-electron chi connectivity index (χ0n) is 15.0. The summed E-state index contributed by atoms with van der Waals surface area (Å²) in [5.74, 6) is 0.147. The molecule has 2 N–H and O–H groups in total. The third-order valence-electron chi connectivity index (χ3n) is 4.48. The molecule has 6 heteroatoms. The molecule has 28 heavy (non-hydrogen) atoms. The summed E-state index contributed by atoms with van der Waals surface area (Å²) < 4.78 is 11.2. The molecule has 0 bridgehead atoms. The van der Waals surface area contributed by atoms with Crippen LogP contribution in [-0.2, 0) is 0 Å². The van der Waals surface area contributed by atoms with Crippen molar-refractivity contribution in [3.63, 3.8) is 0 Å². The quantitative estimate of drug-likeness (QED) is 0.528. The lowest BCUT2D eigenvalue weighted by Gasteiger charge is -2.25. The largest absolute Gasteiger partial charge is 0.440 e. The molecule has 5 nitrogen and oxygen atoms in total. The van der Waals surface area contributed by atoms with Gasteiger partial charge in [0.05, 0.1) is 11.5 Å². The summed E-state index contributed by atoms with van der Waals surface area (Å²) in [7, 11) is 0. The van der Waals surface area contributed by atoms with Gasteiger partial charge in [0.25, 0.3) is 0 Å². The minimum absolute atomic E-state index is 0.0653. The number of carbonyl (C=O) groups excluding carboxylic acids is 1. The SMILES string of the molecule is Cc1cccc(C(=O)Oc2ccc3c(c2)OC(N)=C(C#N)C3c2cccs2)c1. The van der Waals surface area contributed by atoms with Gasteiger partial charge in [-0.25, -0.2) is 4.79 Å². The van der Waals surface area contributed by atoms with Crippen molar-refractivity contribution in [1.29, 1.82) is 5.26 Å². The van der Waals surface area contributed by atoms with Crippen LogP contribution in [0.2, 0.25) is 0 Å². The van der Waals surface area contributed by atoms with Crippen molar-refractivity contribution in [2.24, 2.45) is 5.73 Å². The van der Waals surface area contributed by atoms with E-state index in [1.807, 2.05) is 42.6 Å². The van der Waals surface area contributed by atoms with Crippen LogP contribution in [-0.4, -0.2) is 5.97 Å². The Bertz CT molecular complexity index is 1130. The summed E-state index contributed by atoms with van der Waals surface area (Å²) in [6.07, 6.45) is 0. The maximum Gasteiger partial charge on any atom is 0.343 e. The van der Waals surface area contributed by atoms with Crippen LogP contribution in [0, 0.1) is 18.3 Å². The highest BCUT2D eigenvalue weighted by molar-refractivity contribution is 7.10. The number of carbonyl (C=O) groups is 1. The lowest BCUT2D eigenvalue weighted by Crippen LogP contribution is -2.20. The Labute approximate surface area is 166 Å². The van der Waals surface area contributed by atoms with Gasteiger partial charge in [-0.2, -0.15) is 5.26 Å². The molecular formula is C22H16N2O3S. The fourth-order valence-electron chi connectivity index (χ4n) is 3.18. The number of esters is 1. The molecule has 0 amide bonds. The fourth-order valence-corrected chi connectivity index (χ4v) is 4.04. The molecule has 0 fully saturated rings. The molecule has 4 rings (SSSR count). The predicted molar refractivity (Wildman–Crippen MR) is 106 cm³/mol. The summed E-state index contributed by atoms with van der Waals surface area (Å²) >= 11 is 1.55. The third kappa shape index (κ3) is 3.24. The number of ether oxygens (including phenoxy) is 2. The second-order valence-corrected chi connectivity index (χ2v) is 7.38. The second kappa shape index (κ2) is 7.22. The number of aryl methyl sites for hydroxylation is 1. The van der Waals surface area contributed by atoms with Crippen molar-refractivity contribution in [1.82, 2.24) is 0 Å². The van der Waals surface area contributed by atoms with Crippen molar-refractivity contribution in [2.75, 3.05) is 0 Å². The van der Waals surface area contributed by atoms with Gasteiger partial charge in [-0.3, -0.25) is 0 Å². The molecule has 3 aromatic rings. The van der Waals surface area contributed by atoms with Gasteiger partial charge in [0.1, 0.15) is 23.1 Å². The lowest BCUT2D eigenvalue weighted by atomic mass is 9.88. The minimum Gasteiger partial charge on any atom is -0.440 e. The van der Waals surface area contributed by atoms with Crippen LogP contribution < -0.4 is 15.2 Å². The zero-order chi connectivity index (χ0) is 19.7. The van der Waals surface area contributed by atoms with Crippen LogP contribution in [0.3, 0.4) is 0 Å². The highest BCUT2D eigenvalue weighted by Crippen LogP contribution is 2.44. The minimum atomic E-state index is -0.449. The Balaban J connectivity index is 1.67. The highest BCUT2D eigenvalue weighted by Gasteiger charge is 2.31. The van der Waals surface area contributed by atoms with E-state index < -0.39 is 5.97 Å². The average molecular weight is 388 g/mol. The van der Waals surface area contributed by atoms with E-state index in [1.165, 1.54) is 0 Å². The van der Waals surface area contributed by atoms with E-state index in [-0.39, 0.29) is 11.8 Å². The van der Waals surface area contributed by atoms with Gasteiger partial charge in [0.15, 0.2) is 0 Å². The van der Waals surface area contributed by atoms with Gasteiger partial charge in [-0.05, 0) is 36.6 Å². The van der Waals surface area contributed by atoms with Gasteiger partial charge in [-0.15, -0.1) is 11.3 Å². The van der Waals surface area contributed by atoms with Crippen molar-refractivity contribution in [2.45, 2.75) is 12.8 Å². The van der Waals surface area contributed by atoms with Crippen LogP contribution in [0.25, 0.3) is 0 Å². The first-order valence-electron chi connectivity index (χ1n) is 8.60. The first-order chi connectivity index (χ1) is 13.6. The topological polar surface area (TPSA) is 85.3 Å². The Morgan fingerprint density at radius 3 is 2.79 bits per heavy atom. The number of allylic oxidation sites excluding steroid dienone is 1. The Kier molecular flexibility index (Phi) is 4.60. The van der Waals surface area contributed by atoms with Crippen LogP contribution >= 0.6 is 11.3 Å². The molecule has 0 radical (unpaired) electrons. The number of hydrogen-bond donors (Lipinski definition) is 1. The predicted octanol–water partition coefficient (Wildman–Crippen LogP) is 4.49. The summed E-state index contributed by atoms with van der Waals surface area (Å²) in [6.45, 7) is 1.91. The van der Waals surface area contributed by atoms with Gasteiger partial charge in [-0.1, -0.05) is 29.8 Å². The summed E-state index contributed by atoms with van der Waals surface area (Å²) in [5.41, 5.74) is 8.62. The number of nitrogens with two attached hydrogens (primary N) is 1. The Morgan fingerprint density at radius 2 is 2.07 bits per heavy atom. The maximum absolute atomic E-state index is 12.4. The molecule has 1 atom stereocenters. The standard InChI is InChI=1S/C22H16N2O3S/c1-13-4-2-5-14(10-13)22(25)26-15-7-8-16-18(11-15)27-21(24)17(12-23)20(16)19-6-3-9-28-19/h2-11,20H,24H2,1H3. The number of fused-ring (bicyclic) bond motifs is 1. The van der Waals surface area contributed by atoms with Crippen LogP contribution in [0.1, 0.15) is 32.3 Å². The fraction of sp³-hybridized carbons (Fsp3) is 0.0909. The number of thiophene rings is 1. The van der Waals surface area contributed by atoms with E-state index in [1.54, 1.807) is 35.6 Å². The molecule has 138 valence electrons. The highest BCUT2D eigenvalue weighted by atomic mass is 32.1. The van der Waals surface area contributed by atoms with Crippen LogP contribution in [0.15, 0.2) is 71.4 Å². The second-order valence-electron chi connectivity index (χ2n) is 6.40. The van der Waals surface area contributed by atoms with Gasteiger partial charge >= 0.3 is 5.97 Å². The van der Waals surface area contributed by atoms with E-state index in [9.17, 15) is 10.1 Å². The molecule has 2 heterocycles. The number of nitriles is 1. The molecule has 1 unspecified atom stereocenters. The van der Waals surface area contributed by atoms with Gasteiger partial charge in [0.2, 0.25) is 5.88 Å². The number of hydrogen-bond acceptors (Lipinski definition) is 6. The number of rotatable bonds is 3. The van der Waals surface area contributed by atoms with Crippen LogP contribution in [0.4, 0.5) is 0 Å². The maximum atomic E-state index is 12.4. The van der Waals surface area contributed by atoms with Crippen molar-refractivity contribution in [3.05, 3.63) is 93.0 Å². The Hall–Kier alpha value is -3.56. The molecule has 0 aliphatic carbocycles. The molecule has 0 saturated heterocycles. The third-order valence-corrected chi connectivity index (χ3v) is 5.42. The van der Waals surface area contributed by atoms with Gasteiger partial charge in [0, 0.05) is 16.5 Å². The molecule has 0 saturated carbocycles. The van der Waals surface area contributed by atoms with E-state index in [2.05, 4.69) is 6.07 Å². The normalized spacial score (nSPS) is 15.4. The molecule has 1 aliphatic rings. The molecule has 2 aromatic carbocycles. The molecule has 1 aliphatic heterocycles. The molecule has 1 aromatic heterocycles. The lowest BCUT2D eigenvalue weighted by molar-refractivity contribution is 0.0734. The van der Waals surface area contributed by atoms with Gasteiger partial charge < -0.3 is 15.2 Å². The first kappa shape index (κ1) is 17.8. The average Bonchev–Trinajstić information content (AvgIpc) is 3.21. The Morgan fingerprint density at radius 1 is 1.21 bits per heavy atom. The van der Waals surface area contributed by atoms with Crippen molar-refractivity contribution >= 4 is 17.3 Å². The molecule has 0 spiro atoms. The van der Waals surface area contributed by atoms with Crippen molar-refractivity contribution in [3.8, 4) is 17.6 Å². The number of nitrogens with zero attached hydrogens (tertiary/aromatic N) is 1. The monoisotopic (exact) mass is 388 g/mol. The zero-order valence-corrected chi connectivity index (χ0v) is 15.8. The first-order valence-corrected chi connectivity index (χ1v) is 9.48.